The van der Waals surface area contributed by atoms with Gasteiger partial charge >= 0.3 is 0 Å². The fourth-order valence-corrected chi connectivity index (χ4v) is 1.34. The Balaban J connectivity index is 0.00000196. The maximum absolute atomic E-state index is 10.6. The molecule has 0 aromatic heterocycles. The first-order chi connectivity index (χ1) is 6.32. The maximum atomic E-state index is 10.6. The molecule has 0 bridgehead atoms. The molecule has 15 heavy (non-hydrogen) atoms. The van der Waals surface area contributed by atoms with E-state index in [4.69, 9.17) is 10.3 Å². The number of nitrogen functional groups attached to an aromatic ring is 1. The molecule has 0 aliphatic heterocycles. The van der Waals surface area contributed by atoms with Crippen molar-refractivity contribution in [3.05, 3.63) is 28.3 Å². The van der Waals surface area contributed by atoms with Crippen LogP contribution in [-0.4, -0.2) is 69.3 Å². The predicted molar refractivity (Wildman–Crippen MR) is 53.1 cm³/mol. The summed E-state index contributed by atoms with van der Waals surface area (Å²) < 4.78 is 29.8. The summed E-state index contributed by atoms with van der Waals surface area (Å²) in [6.07, 6.45) is 0. The summed E-state index contributed by atoms with van der Waals surface area (Å²) >= 11 is 0. The van der Waals surface area contributed by atoms with Gasteiger partial charge in [-0.05, 0) is 12.1 Å². The van der Waals surface area contributed by atoms with Gasteiger partial charge < -0.3 is 5.73 Å². The molecule has 1 aromatic rings. The average Bonchev–Trinajstić information content (AvgIpc) is 2.02. The minimum atomic E-state index is -4.44. The second kappa shape index (κ2) is 5.34. The number of nitro benzene ring substituents is 1. The SMILES string of the molecule is Nc1ccc(S(=O)(=O)O)cc1[N+](=O)[O-].[K]. The van der Waals surface area contributed by atoms with E-state index in [9.17, 15) is 18.5 Å². The van der Waals surface area contributed by atoms with Crippen molar-refractivity contribution >= 4 is 72.9 Å². The summed E-state index contributed by atoms with van der Waals surface area (Å²) in [5.74, 6) is 0. The molecule has 0 unspecified atom stereocenters. The number of rotatable bonds is 2. The maximum Gasteiger partial charge on any atom is 0.294 e. The van der Waals surface area contributed by atoms with Crippen LogP contribution in [0.5, 0.6) is 0 Å². The van der Waals surface area contributed by atoms with Crippen LogP contribution in [0.15, 0.2) is 23.1 Å². The number of hydrogen-bond donors (Lipinski definition) is 2. The molecule has 1 radical (unpaired) electrons. The average molecular weight is 257 g/mol. The van der Waals surface area contributed by atoms with E-state index in [1.807, 2.05) is 0 Å². The molecule has 1 aromatic carbocycles. The van der Waals surface area contributed by atoms with Gasteiger partial charge in [-0.1, -0.05) is 0 Å². The number of nitrogens with zero attached hydrogens (tertiary/aromatic N) is 1. The normalized spacial score (nSPS) is 10.5. The molecule has 0 heterocycles. The number of hydrogen-bond acceptors (Lipinski definition) is 5. The van der Waals surface area contributed by atoms with Gasteiger partial charge in [-0.25, -0.2) is 0 Å². The Morgan fingerprint density at radius 1 is 1.40 bits per heavy atom. The Hall–Kier alpha value is -0.0336. The van der Waals surface area contributed by atoms with Crippen molar-refractivity contribution < 1.29 is 17.9 Å². The molecule has 77 valence electrons. The van der Waals surface area contributed by atoms with Crippen molar-refractivity contribution in [3.63, 3.8) is 0 Å². The summed E-state index contributed by atoms with van der Waals surface area (Å²) in [6, 6.07) is 2.73. The monoisotopic (exact) mass is 257 g/mol. The minimum absolute atomic E-state index is 0. The van der Waals surface area contributed by atoms with E-state index >= 15 is 0 Å². The Labute approximate surface area is 128 Å². The van der Waals surface area contributed by atoms with E-state index in [0.717, 1.165) is 12.1 Å². The summed E-state index contributed by atoms with van der Waals surface area (Å²) in [4.78, 5) is 8.96. The van der Waals surface area contributed by atoms with Crippen molar-refractivity contribution in [1.82, 2.24) is 0 Å². The standard InChI is InChI=1S/C6H6N2O5S.K/c7-5-2-1-4(14(11,12)13)3-6(5)8(9)10;/h1-3H,7H2,(H,11,12,13);. The largest absolute Gasteiger partial charge is 0.393 e. The van der Waals surface area contributed by atoms with Gasteiger partial charge in [0.05, 0.1) is 4.92 Å². The van der Waals surface area contributed by atoms with Crippen LogP contribution >= 0.6 is 0 Å². The Morgan fingerprint density at radius 2 is 1.93 bits per heavy atom. The Bertz CT molecular complexity index is 486. The van der Waals surface area contributed by atoms with Crippen molar-refractivity contribution in [1.29, 1.82) is 0 Å². The zero-order valence-corrected chi connectivity index (χ0v) is 11.7. The van der Waals surface area contributed by atoms with E-state index in [2.05, 4.69) is 0 Å². The molecule has 0 spiro atoms. The fraction of sp³-hybridized carbons (Fsp3) is 0. The smallest absolute Gasteiger partial charge is 0.294 e. The molecule has 0 amide bonds. The molecule has 7 nitrogen and oxygen atoms in total. The second-order valence-electron chi connectivity index (χ2n) is 2.45. The fourth-order valence-electron chi connectivity index (χ4n) is 0.842. The molecule has 3 N–H and O–H groups in total. The van der Waals surface area contributed by atoms with Crippen LogP contribution in [0.1, 0.15) is 0 Å². The first-order valence-corrected chi connectivity index (χ1v) is 4.78. The minimum Gasteiger partial charge on any atom is -0.393 e. The van der Waals surface area contributed by atoms with Gasteiger partial charge in [-0.15, -0.1) is 0 Å². The van der Waals surface area contributed by atoms with Gasteiger partial charge in [0, 0.05) is 57.5 Å². The van der Waals surface area contributed by atoms with Gasteiger partial charge in [0.25, 0.3) is 15.8 Å². The molecule has 1 rings (SSSR count). The van der Waals surface area contributed by atoms with Crippen molar-refractivity contribution in [2.45, 2.75) is 4.90 Å². The molecule has 9 heteroatoms. The van der Waals surface area contributed by atoms with Crippen LogP contribution in [0.3, 0.4) is 0 Å². The second-order valence-corrected chi connectivity index (χ2v) is 3.87. The number of anilines is 1. The third-order valence-electron chi connectivity index (χ3n) is 1.50. The van der Waals surface area contributed by atoms with E-state index < -0.39 is 25.6 Å². The summed E-state index contributed by atoms with van der Waals surface area (Å²) in [5, 5.41) is 10.4. The van der Waals surface area contributed by atoms with Crippen molar-refractivity contribution in [2.24, 2.45) is 0 Å². The van der Waals surface area contributed by atoms with Crippen LogP contribution in [0.2, 0.25) is 0 Å². The number of benzene rings is 1. The molecule has 0 aliphatic rings. The zero-order chi connectivity index (χ0) is 10.9. The number of nitro groups is 1. The molecule has 0 atom stereocenters. The molecule has 0 fully saturated rings. The molecular formula is C6H6KN2O5S. The van der Waals surface area contributed by atoms with Gasteiger partial charge in [-0.3, -0.25) is 14.7 Å². The predicted octanol–water partition coefficient (Wildman–Crippen LogP) is 0.0429. The third kappa shape index (κ3) is 3.79. The molecule has 0 saturated heterocycles. The van der Waals surface area contributed by atoms with Crippen molar-refractivity contribution in [3.8, 4) is 0 Å². The summed E-state index contributed by atoms with van der Waals surface area (Å²) in [5.41, 5.74) is 4.50. The summed E-state index contributed by atoms with van der Waals surface area (Å²) in [6.45, 7) is 0. The van der Waals surface area contributed by atoms with Gasteiger partial charge in [0.1, 0.15) is 10.6 Å². The van der Waals surface area contributed by atoms with E-state index in [0.29, 0.717) is 6.07 Å². The first kappa shape index (κ1) is 15.0. The van der Waals surface area contributed by atoms with Crippen LogP contribution in [0.25, 0.3) is 0 Å². The van der Waals surface area contributed by atoms with Gasteiger partial charge in [0.2, 0.25) is 0 Å². The van der Waals surface area contributed by atoms with Gasteiger partial charge in [0.15, 0.2) is 0 Å². The quantitative estimate of drug-likeness (QED) is 0.253. The van der Waals surface area contributed by atoms with Crippen LogP contribution < -0.4 is 5.73 Å². The summed E-state index contributed by atoms with van der Waals surface area (Å²) in [7, 11) is -4.44. The molecular weight excluding hydrogens is 251 g/mol. The Kier molecular flexibility index (Phi) is 5.33. The number of nitrogens with two attached hydrogens (primary N) is 1. The molecule has 0 saturated carbocycles. The van der Waals surface area contributed by atoms with Gasteiger partial charge in [-0.2, -0.15) is 8.42 Å². The van der Waals surface area contributed by atoms with E-state index in [1.165, 1.54) is 0 Å². The Morgan fingerprint density at radius 3 is 2.33 bits per heavy atom. The van der Waals surface area contributed by atoms with Crippen LogP contribution in [0.4, 0.5) is 11.4 Å². The van der Waals surface area contributed by atoms with Crippen molar-refractivity contribution in [2.75, 3.05) is 5.73 Å². The van der Waals surface area contributed by atoms with E-state index in [1.54, 1.807) is 0 Å². The topological polar surface area (TPSA) is 124 Å². The molecule has 0 aliphatic carbocycles. The van der Waals surface area contributed by atoms with Crippen LogP contribution in [0, 0.1) is 10.1 Å². The zero-order valence-electron chi connectivity index (χ0n) is 7.75. The van der Waals surface area contributed by atoms with E-state index in [-0.39, 0.29) is 57.1 Å². The third-order valence-corrected chi connectivity index (χ3v) is 2.35. The first-order valence-electron chi connectivity index (χ1n) is 3.34. The van der Waals surface area contributed by atoms with Crippen LogP contribution in [-0.2, 0) is 10.1 Å².